The molecule has 0 saturated carbocycles. The summed E-state index contributed by atoms with van der Waals surface area (Å²) < 4.78 is 19.1. The quantitative estimate of drug-likeness (QED) is 0.835. The number of benzene rings is 1. The number of halogens is 1. The number of likely N-dealkylation sites (tertiary alicyclic amines) is 1. The molecule has 0 spiro atoms. The molecule has 0 aromatic heterocycles. The molecule has 1 saturated heterocycles. The molecule has 3 N–H and O–H groups in total. The van der Waals surface area contributed by atoms with Crippen LogP contribution in [-0.4, -0.2) is 36.8 Å². The summed E-state index contributed by atoms with van der Waals surface area (Å²) in [5, 5.41) is 2.84. The lowest BCUT2D eigenvalue weighted by atomic mass is 9.98. The lowest BCUT2D eigenvalue weighted by molar-refractivity contribution is 0.160. The monoisotopic (exact) mass is 297 g/mol. The average Bonchev–Trinajstić information content (AvgIpc) is 2.39. The average molecular weight is 297 g/mol. The third-order valence-electron chi connectivity index (χ3n) is 3.51. The number of nitrogens with one attached hydrogen (secondary N) is 1. The SMILES string of the molecule is CN1CCC(COc2ccc(F)cc2NC(N)=S)CC1. The summed E-state index contributed by atoms with van der Waals surface area (Å²) in [6.45, 7) is 2.82. The predicted octanol–water partition coefficient (Wildman–Crippen LogP) is 2.20. The molecule has 110 valence electrons. The Morgan fingerprint density at radius 3 is 2.85 bits per heavy atom. The van der Waals surface area contributed by atoms with Crippen molar-refractivity contribution in [1.29, 1.82) is 0 Å². The van der Waals surface area contributed by atoms with Gasteiger partial charge < -0.3 is 20.7 Å². The van der Waals surface area contributed by atoms with Crippen LogP contribution in [0.5, 0.6) is 5.75 Å². The Bertz CT molecular complexity index is 475. The molecule has 1 aromatic carbocycles. The molecule has 1 aliphatic rings. The number of rotatable bonds is 4. The normalized spacial score (nSPS) is 16.9. The standard InChI is InChI=1S/C14H20FN3OS/c1-18-6-4-10(5-7-18)9-19-13-3-2-11(15)8-12(13)17-14(16)20/h2-3,8,10H,4-7,9H2,1H3,(H3,16,17,20). The summed E-state index contributed by atoms with van der Waals surface area (Å²) in [5.74, 6) is 0.766. The van der Waals surface area contributed by atoms with Gasteiger partial charge in [-0.3, -0.25) is 0 Å². The highest BCUT2D eigenvalue weighted by Gasteiger charge is 2.18. The van der Waals surface area contributed by atoms with Crippen LogP contribution in [0.3, 0.4) is 0 Å². The summed E-state index contributed by atoms with van der Waals surface area (Å²) in [7, 11) is 2.13. The van der Waals surface area contributed by atoms with Crippen molar-refractivity contribution in [2.45, 2.75) is 12.8 Å². The highest BCUT2D eigenvalue weighted by Crippen LogP contribution is 2.27. The Kier molecular flexibility index (Phi) is 5.14. The summed E-state index contributed by atoms with van der Waals surface area (Å²) in [6, 6.07) is 4.31. The van der Waals surface area contributed by atoms with E-state index in [2.05, 4.69) is 17.3 Å². The van der Waals surface area contributed by atoms with Crippen LogP contribution in [-0.2, 0) is 0 Å². The third kappa shape index (κ3) is 4.31. The van der Waals surface area contributed by atoms with E-state index < -0.39 is 0 Å². The van der Waals surface area contributed by atoms with Crippen LogP contribution < -0.4 is 15.8 Å². The van der Waals surface area contributed by atoms with E-state index in [-0.39, 0.29) is 10.9 Å². The molecule has 0 bridgehead atoms. The number of nitrogens with two attached hydrogens (primary N) is 1. The molecule has 2 rings (SSSR count). The summed E-state index contributed by atoms with van der Waals surface area (Å²) in [5.41, 5.74) is 5.91. The van der Waals surface area contributed by atoms with Gasteiger partial charge in [-0.25, -0.2) is 4.39 Å². The number of hydrogen-bond donors (Lipinski definition) is 2. The molecule has 0 unspecified atom stereocenters. The summed E-state index contributed by atoms with van der Waals surface area (Å²) in [4.78, 5) is 2.31. The molecule has 1 heterocycles. The number of nitrogens with zero attached hydrogens (tertiary/aromatic N) is 1. The van der Waals surface area contributed by atoms with Crippen molar-refractivity contribution in [2.75, 3.05) is 32.1 Å². The van der Waals surface area contributed by atoms with Crippen LogP contribution >= 0.6 is 12.2 Å². The van der Waals surface area contributed by atoms with Crippen molar-refractivity contribution in [3.05, 3.63) is 24.0 Å². The van der Waals surface area contributed by atoms with E-state index in [0.29, 0.717) is 24.0 Å². The smallest absolute Gasteiger partial charge is 0.168 e. The molecule has 0 radical (unpaired) electrons. The topological polar surface area (TPSA) is 50.5 Å². The van der Waals surface area contributed by atoms with Crippen molar-refractivity contribution in [2.24, 2.45) is 11.7 Å². The van der Waals surface area contributed by atoms with Crippen molar-refractivity contribution in [3.63, 3.8) is 0 Å². The molecule has 1 aromatic rings. The van der Waals surface area contributed by atoms with Gasteiger partial charge in [0.15, 0.2) is 5.11 Å². The minimum Gasteiger partial charge on any atom is -0.491 e. The fourth-order valence-electron chi connectivity index (χ4n) is 2.29. The lowest BCUT2D eigenvalue weighted by Crippen LogP contribution is -2.32. The van der Waals surface area contributed by atoms with E-state index in [1.807, 2.05) is 0 Å². The first-order valence-corrected chi connectivity index (χ1v) is 7.13. The molecule has 4 nitrogen and oxygen atoms in total. The molecular weight excluding hydrogens is 277 g/mol. The van der Waals surface area contributed by atoms with Gasteiger partial charge in [-0.05, 0) is 63.2 Å². The number of thiocarbonyl (C=S) groups is 1. The second-order valence-corrected chi connectivity index (χ2v) is 5.63. The summed E-state index contributed by atoms with van der Waals surface area (Å²) in [6.07, 6.45) is 2.24. The minimum atomic E-state index is -0.351. The van der Waals surface area contributed by atoms with E-state index >= 15 is 0 Å². The summed E-state index contributed by atoms with van der Waals surface area (Å²) >= 11 is 4.79. The van der Waals surface area contributed by atoms with Gasteiger partial charge >= 0.3 is 0 Å². The first kappa shape index (κ1) is 15.0. The van der Waals surface area contributed by atoms with Gasteiger partial charge in [0.25, 0.3) is 0 Å². The van der Waals surface area contributed by atoms with E-state index in [1.54, 1.807) is 6.07 Å². The van der Waals surface area contributed by atoms with Crippen LogP contribution in [0.25, 0.3) is 0 Å². The molecule has 0 amide bonds. The highest BCUT2D eigenvalue weighted by atomic mass is 32.1. The lowest BCUT2D eigenvalue weighted by Gasteiger charge is -2.29. The zero-order chi connectivity index (χ0) is 14.5. The first-order chi connectivity index (χ1) is 9.54. The Balaban J connectivity index is 1.96. The van der Waals surface area contributed by atoms with E-state index in [4.69, 9.17) is 22.7 Å². The Hall–Kier alpha value is -1.40. The molecular formula is C14H20FN3OS. The van der Waals surface area contributed by atoms with E-state index in [1.165, 1.54) is 12.1 Å². The number of hydrogen-bond acceptors (Lipinski definition) is 3. The number of ether oxygens (including phenoxy) is 1. The molecule has 0 atom stereocenters. The van der Waals surface area contributed by atoms with Crippen LogP contribution in [0.15, 0.2) is 18.2 Å². The van der Waals surface area contributed by atoms with Crippen LogP contribution in [0.2, 0.25) is 0 Å². The third-order valence-corrected chi connectivity index (χ3v) is 3.61. The highest BCUT2D eigenvalue weighted by molar-refractivity contribution is 7.80. The van der Waals surface area contributed by atoms with Gasteiger partial charge in [-0.2, -0.15) is 0 Å². The Morgan fingerprint density at radius 1 is 1.50 bits per heavy atom. The zero-order valence-electron chi connectivity index (χ0n) is 11.6. The van der Waals surface area contributed by atoms with Crippen LogP contribution in [0.4, 0.5) is 10.1 Å². The van der Waals surface area contributed by atoms with Crippen molar-refractivity contribution < 1.29 is 9.13 Å². The van der Waals surface area contributed by atoms with Crippen LogP contribution in [0.1, 0.15) is 12.8 Å². The van der Waals surface area contributed by atoms with Gasteiger partial charge in [0, 0.05) is 6.07 Å². The van der Waals surface area contributed by atoms with Crippen molar-refractivity contribution in [1.82, 2.24) is 4.90 Å². The number of piperidine rings is 1. The Labute approximate surface area is 124 Å². The van der Waals surface area contributed by atoms with Gasteiger partial charge in [0.2, 0.25) is 0 Å². The Morgan fingerprint density at radius 2 is 2.20 bits per heavy atom. The van der Waals surface area contributed by atoms with Gasteiger partial charge in [0.1, 0.15) is 11.6 Å². The maximum atomic E-state index is 13.3. The molecule has 1 aliphatic heterocycles. The zero-order valence-corrected chi connectivity index (χ0v) is 12.4. The van der Waals surface area contributed by atoms with Gasteiger partial charge in [-0.15, -0.1) is 0 Å². The van der Waals surface area contributed by atoms with E-state index in [9.17, 15) is 4.39 Å². The maximum Gasteiger partial charge on any atom is 0.168 e. The second kappa shape index (κ2) is 6.85. The fraction of sp³-hybridized carbons (Fsp3) is 0.500. The fourth-order valence-corrected chi connectivity index (χ4v) is 2.40. The van der Waals surface area contributed by atoms with Crippen molar-refractivity contribution >= 4 is 23.0 Å². The van der Waals surface area contributed by atoms with Gasteiger partial charge in [0.05, 0.1) is 12.3 Å². The molecule has 6 heteroatoms. The van der Waals surface area contributed by atoms with E-state index in [0.717, 1.165) is 25.9 Å². The predicted molar refractivity (Wildman–Crippen MR) is 82.5 cm³/mol. The van der Waals surface area contributed by atoms with Crippen LogP contribution in [0, 0.1) is 11.7 Å². The number of anilines is 1. The maximum absolute atomic E-state index is 13.3. The first-order valence-electron chi connectivity index (χ1n) is 6.72. The van der Waals surface area contributed by atoms with Crippen molar-refractivity contribution in [3.8, 4) is 5.75 Å². The van der Waals surface area contributed by atoms with Gasteiger partial charge in [-0.1, -0.05) is 0 Å². The minimum absolute atomic E-state index is 0.0970. The second-order valence-electron chi connectivity index (χ2n) is 5.19. The largest absolute Gasteiger partial charge is 0.491 e. The molecule has 0 aliphatic carbocycles. The molecule has 20 heavy (non-hydrogen) atoms. The molecule has 1 fully saturated rings.